The molecule has 0 aromatic carbocycles. The highest BCUT2D eigenvalue weighted by atomic mass is 28.3. The molecule has 0 aliphatic heterocycles. The smallest absolute Gasteiger partial charge is 0.323 e. The molecule has 0 saturated heterocycles. The van der Waals surface area contributed by atoms with Crippen molar-refractivity contribution in [2.24, 2.45) is 5.41 Å². The second kappa shape index (κ2) is 7.28. The number of ether oxygens (including phenoxy) is 2. The third-order valence-corrected chi connectivity index (χ3v) is 3.96. The third-order valence-electron chi connectivity index (χ3n) is 2.73. The van der Waals surface area contributed by atoms with Crippen LogP contribution in [-0.2, 0) is 19.1 Å². The molecule has 0 amide bonds. The number of allylic oxidation sites excluding steroid dienone is 2. The van der Waals surface area contributed by atoms with Gasteiger partial charge in [-0.05, 0) is 12.8 Å². The zero-order valence-electron chi connectivity index (χ0n) is 12.5. The highest BCUT2D eigenvalue weighted by Gasteiger charge is 2.46. The van der Waals surface area contributed by atoms with Crippen molar-refractivity contribution in [1.29, 1.82) is 0 Å². The molecule has 0 aliphatic carbocycles. The van der Waals surface area contributed by atoms with Crippen molar-refractivity contribution in [3.8, 4) is 0 Å². The van der Waals surface area contributed by atoms with Crippen molar-refractivity contribution >= 4 is 20.0 Å². The minimum absolute atomic E-state index is 0.197. The lowest BCUT2D eigenvalue weighted by Crippen LogP contribution is -2.40. The molecule has 0 radical (unpaired) electrons. The van der Waals surface area contributed by atoms with Gasteiger partial charge in [0.05, 0.1) is 22.3 Å². The monoisotopic (exact) mass is 284 g/mol. The first-order valence-electron chi connectivity index (χ1n) is 6.19. The van der Waals surface area contributed by atoms with Crippen LogP contribution in [0.5, 0.6) is 0 Å². The molecule has 0 aromatic rings. The Kier molecular flexibility index (Phi) is 6.76. The number of rotatable bonds is 7. The van der Waals surface area contributed by atoms with Crippen LogP contribution in [0, 0.1) is 5.41 Å². The van der Waals surface area contributed by atoms with Crippen LogP contribution < -0.4 is 0 Å². The van der Waals surface area contributed by atoms with Crippen LogP contribution in [0.2, 0.25) is 19.6 Å². The minimum atomic E-state index is -1.38. The topological polar surface area (TPSA) is 52.6 Å². The molecule has 0 rings (SSSR count). The fourth-order valence-electron chi connectivity index (χ4n) is 1.75. The van der Waals surface area contributed by atoms with Gasteiger partial charge in [-0.25, -0.2) is 0 Å². The van der Waals surface area contributed by atoms with Gasteiger partial charge in [-0.1, -0.05) is 37.5 Å². The zero-order valence-corrected chi connectivity index (χ0v) is 13.5. The number of hydrogen-bond donors (Lipinski definition) is 0. The minimum Gasteiger partial charge on any atom is -0.468 e. The summed E-state index contributed by atoms with van der Waals surface area (Å²) in [6, 6.07) is 0. The molecule has 0 aromatic heterocycles. The van der Waals surface area contributed by atoms with Gasteiger partial charge in [0.25, 0.3) is 0 Å². The summed E-state index contributed by atoms with van der Waals surface area (Å²) in [5.41, 5.74) is 0.776. The van der Waals surface area contributed by atoms with E-state index in [1.165, 1.54) is 20.3 Å². The van der Waals surface area contributed by atoms with Crippen molar-refractivity contribution in [2.45, 2.75) is 32.5 Å². The first-order valence-corrected chi connectivity index (χ1v) is 9.76. The number of carbonyl (C=O) groups excluding carboxylic acids is 2. The van der Waals surface area contributed by atoms with E-state index in [-0.39, 0.29) is 12.8 Å². The van der Waals surface area contributed by atoms with Gasteiger partial charge in [0.2, 0.25) is 0 Å². The Morgan fingerprint density at radius 2 is 1.58 bits per heavy atom. The Morgan fingerprint density at radius 1 is 1.11 bits per heavy atom. The van der Waals surface area contributed by atoms with Crippen LogP contribution >= 0.6 is 0 Å². The Labute approximate surface area is 116 Å². The lowest BCUT2D eigenvalue weighted by atomic mass is 9.81. The molecule has 0 spiro atoms. The van der Waals surface area contributed by atoms with E-state index in [9.17, 15) is 9.59 Å². The fraction of sp³-hybridized carbons (Fsp3) is 0.571. The average molecular weight is 284 g/mol. The molecule has 0 saturated carbocycles. The summed E-state index contributed by atoms with van der Waals surface area (Å²) < 4.78 is 9.53. The fourth-order valence-corrected chi connectivity index (χ4v) is 2.58. The number of methoxy groups -OCH3 is 2. The third kappa shape index (κ3) is 5.02. The molecule has 0 fully saturated rings. The summed E-state index contributed by atoms with van der Waals surface area (Å²) in [6.45, 7) is 10.1. The van der Waals surface area contributed by atoms with E-state index in [4.69, 9.17) is 9.47 Å². The van der Waals surface area contributed by atoms with Crippen molar-refractivity contribution < 1.29 is 19.1 Å². The van der Waals surface area contributed by atoms with Crippen LogP contribution in [0.4, 0.5) is 0 Å². The predicted octanol–water partition coefficient (Wildman–Crippen LogP) is 2.72. The van der Waals surface area contributed by atoms with E-state index >= 15 is 0 Å². The van der Waals surface area contributed by atoms with Crippen LogP contribution in [-0.4, -0.2) is 34.2 Å². The summed E-state index contributed by atoms with van der Waals surface area (Å²) in [5.74, 6) is -1.17. The number of hydrogen-bond acceptors (Lipinski definition) is 4. The van der Waals surface area contributed by atoms with Gasteiger partial charge in [0, 0.05) is 0 Å². The second-order valence-corrected chi connectivity index (χ2v) is 10.6. The maximum atomic E-state index is 12.0. The van der Waals surface area contributed by atoms with Crippen LogP contribution in [0.3, 0.4) is 0 Å². The van der Waals surface area contributed by atoms with Crippen molar-refractivity contribution in [3.63, 3.8) is 0 Å². The Hall–Kier alpha value is -1.36. The highest BCUT2D eigenvalue weighted by Crippen LogP contribution is 2.31. The van der Waals surface area contributed by atoms with Gasteiger partial charge in [-0.2, -0.15) is 0 Å². The zero-order chi connectivity index (χ0) is 15.1. The van der Waals surface area contributed by atoms with Crippen LogP contribution in [0.25, 0.3) is 0 Å². The molecule has 0 unspecified atom stereocenters. The number of carbonyl (C=O) groups is 2. The van der Waals surface area contributed by atoms with E-state index < -0.39 is 25.4 Å². The molecule has 4 nitrogen and oxygen atoms in total. The molecule has 0 aliphatic rings. The van der Waals surface area contributed by atoms with Gasteiger partial charge >= 0.3 is 11.9 Å². The number of esters is 2. The second-order valence-electron chi connectivity index (χ2n) is 5.53. The standard InChI is InChI=1S/C14H24O4Si/c1-7-9-14(12(15)17-2,13(16)18-3)10-8-11-19(4,5)6/h7-8,11H,1,9-10H2,2-6H3/b11-8+. The van der Waals surface area contributed by atoms with E-state index in [1.54, 1.807) is 0 Å². The maximum Gasteiger partial charge on any atom is 0.323 e. The van der Waals surface area contributed by atoms with Gasteiger partial charge in [0.1, 0.15) is 0 Å². The summed E-state index contributed by atoms with van der Waals surface area (Å²) in [5, 5.41) is 0. The Balaban J connectivity index is 5.34. The summed E-state index contributed by atoms with van der Waals surface area (Å²) in [4.78, 5) is 24.0. The van der Waals surface area contributed by atoms with E-state index in [1.807, 2.05) is 6.08 Å². The molecule has 0 atom stereocenters. The van der Waals surface area contributed by atoms with E-state index in [0.717, 1.165) is 0 Å². The van der Waals surface area contributed by atoms with Crippen molar-refractivity contribution in [3.05, 3.63) is 24.4 Å². The highest BCUT2D eigenvalue weighted by molar-refractivity contribution is 6.80. The largest absolute Gasteiger partial charge is 0.468 e. The van der Waals surface area contributed by atoms with Crippen molar-refractivity contribution in [1.82, 2.24) is 0 Å². The normalized spacial score (nSPS) is 12.3. The van der Waals surface area contributed by atoms with Gasteiger partial charge in [-0.15, -0.1) is 6.58 Å². The summed E-state index contributed by atoms with van der Waals surface area (Å²) >= 11 is 0. The molecule has 0 N–H and O–H groups in total. The van der Waals surface area contributed by atoms with Gasteiger partial charge in [0.15, 0.2) is 5.41 Å². The molecular formula is C14H24O4Si. The SMILES string of the molecule is C=CCC(C/C=C/[Si](C)(C)C)(C(=O)OC)C(=O)OC. The van der Waals surface area contributed by atoms with Crippen LogP contribution in [0.15, 0.2) is 24.4 Å². The molecule has 0 bridgehead atoms. The summed E-state index contributed by atoms with van der Waals surface area (Å²) in [7, 11) is 1.16. The van der Waals surface area contributed by atoms with Gasteiger partial charge < -0.3 is 9.47 Å². The lowest BCUT2D eigenvalue weighted by molar-refractivity contribution is -0.168. The van der Waals surface area contributed by atoms with E-state index in [2.05, 4.69) is 31.9 Å². The average Bonchev–Trinajstić information content (AvgIpc) is 2.34. The molecule has 19 heavy (non-hydrogen) atoms. The van der Waals surface area contributed by atoms with Crippen molar-refractivity contribution in [2.75, 3.05) is 14.2 Å². The Morgan fingerprint density at radius 3 is 1.89 bits per heavy atom. The molecule has 108 valence electrons. The maximum absolute atomic E-state index is 12.0. The molecular weight excluding hydrogens is 260 g/mol. The quantitative estimate of drug-likeness (QED) is 0.312. The lowest BCUT2D eigenvalue weighted by Gasteiger charge is -2.26. The van der Waals surface area contributed by atoms with Crippen LogP contribution in [0.1, 0.15) is 12.8 Å². The van der Waals surface area contributed by atoms with Gasteiger partial charge in [-0.3, -0.25) is 9.59 Å². The predicted molar refractivity (Wildman–Crippen MR) is 78.4 cm³/mol. The van der Waals surface area contributed by atoms with E-state index in [0.29, 0.717) is 0 Å². The Bertz CT molecular complexity index is 350. The molecule has 0 heterocycles. The first-order chi connectivity index (χ1) is 8.73. The summed E-state index contributed by atoms with van der Waals surface area (Å²) in [6.07, 6.45) is 3.88. The first kappa shape index (κ1) is 17.6. The molecule has 5 heteroatoms.